The first-order valence-electron chi connectivity index (χ1n) is 8.82. The third-order valence-corrected chi connectivity index (χ3v) is 3.93. The fourth-order valence-corrected chi connectivity index (χ4v) is 2.57. The standard InChI is InChI=1S/C19H27N5O2/c1-5-24(6-2)16-9-7-15(8-10-16)22-19-21-14(3)13-17(23-19)18(25)20-11-12-26-4/h7-10,13H,5-6,11-12H2,1-4H3,(H,20,25)(H,21,22,23). The van der Waals surface area contributed by atoms with Crippen LogP contribution in [0.5, 0.6) is 0 Å². The minimum atomic E-state index is -0.243. The molecular weight excluding hydrogens is 330 g/mol. The van der Waals surface area contributed by atoms with E-state index in [1.807, 2.05) is 19.1 Å². The number of ether oxygens (including phenoxy) is 1. The second-order valence-electron chi connectivity index (χ2n) is 5.81. The van der Waals surface area contributed by atoms with Crippen molar-refractivity contribution in [1.82, 2.24) is 15.3 Å². The number of nitrogens with zero attached hydrogens (tertiary/aromatic N) is 3. The number of aromatic nitrogens is 2. The van der Waals surface area contributed by atoms with E-state index in [9.17, 15) is 4.79 Å². The lowest BCUT2D eigenvalue weighted by atomic mass is 10.2. The number of aryl methyl sites for hydroxylation is 1. The summed E-state index contributed by atoms with van der Waals surface area (Å²) < 4.78 is 4.93. The Morgan fingerprint density at radius 1 is 1.15 bits per heavy atom. The van der Waals surface area contributed by atoms with Crippen molar-refractivity contribution in [2.24, 2.45) is 0 Å². The van der Waals surface area contributed by atoms with Crippen molar-refractivity contribution in [2.75, 3.05) is 43.6 Å². The van der Waals surface area contributed by atoms with Gasteiger partial charge in [-0.2, -0.15) is 0 Å². The third kappa shape index (κ3) is 5.42. The largest absolute Gasteiger partial charge is 0.383 e. The number of amides is 1. The van der Waals surface area contributed by atoms with Crippen LogP contribution < -0.4 is 15.5 Å². The van der Waals surface area contributed by atoms with Gasteiger partial charge in [-0.25, -0.2) is 9.97 Å². The molecule has 0 spiro atoms. The molecule has 140 valence electrons. The van der Waals surface area contributed by atoms with Gasteiger partial charge in [0.25, 0.3) is 5.91 Å². The predicted octanol–water partition coefficient (Wildman–Crippen LogP) is 2.75. The van der Waals surface area contributed by atoms with Crippen molar-refractivity contribution in [3.8, 4) is 0 Å². The fourth-order valence-electron chi connectivity index (χ4n) is 2.57. The first kappa shape index (κ1) is 19.7. The first-order chi connectivity index (χ1) is 12.6. The Morgan fingerprint density at radius 2 is 1.85 bits per heavy atom. The normalized spacial score (nSPS) is 10.5. The van der Waals surface area contributed by atoms with E-state index >= 15 is 0 Å². The molecule has 1 aromatic heterocycles. The molecule has 0 aliphatic carbocycles. The molecule has 0 unspecified atom stereocenters. The summed E-state index contributed by atoms with van der Waals surface area (Å²) in [6, 6.07) is 9.75. The molecule has 1 heterocycles. The van der Waals surface area contributed by atoms with Crippen LogP contribution in [0.3, 0.4) is 0 Å². The molecular formula is C19H27N5O2. The van der Waals surface area contributed by atoms with E-state index in [-0.39, 0.29) is 5.91 Å². The van der Waals surface area contributed by atoms with Gasteiger partial charge in [-0.1, -0.05) is 0 Å². The van der Waals surface area contributed by atoms with Gasteiger partial charge in [0.05, 0.1) is 6.61 Å². The number of hydrogen-bond donors (Lipinski definition) is 2. The molecule has 0 saturated heterocycles. The second-order valence-corrected chi connectivity index (χ2v) is 5.81. The van der Waals surface area contributed by atoms with E-state index in [4.69, 9.17) is 4.74 Å². The molecule has 0 fully saturated rings. The molecule has 7 heteroatoms. The monoisotopic (exact) mass is 357 g/mol. The summed E-state index contributed by atoms with van der Waals surface area (Å²) in [5.41, 5.74) is 3.09. The lowest BCUT2D eigenvalue weighted by molar-refractivity contribution is 0.0932. The zero-order valence-electron chi connectivity index (χ0n) is 15.9. The van der Waals surface area contributed by atoms with Crippen LogP contribution in [0.25, 0.3) is 0 Å². The zero-order chi connectivity index (χ0) is 18.9. The molecule has 2 N–H and O–H groups in total. The maximum Gasteiger partial charge on any atom is 0.270 e. The highest BCUT2D eigenvalue weighted by molar-refractivity contribution is 5.92. The van der Waals surface area contributed by atoms with Gasteiger partial charge >= 0.3 is 0 Å². The Bertz CT molecular complexity index is 714. The maximum atomic E-state index is 12.2. The highest BCUT2D eigenvalue weighted by Gasteiger charge is 2.10. The quantitative estimate of drug-likeness (QED) is 0.672. The van der Waals surface area contributed by atoms with Gasteiger partial charge in [-0.3, -0.25) is 4.79 Å². The van der Waals surface area contributed by atoms with Gasteiger partial charge < -0.3 is 20.3 Å². The topological polar surface area (TPSA) is 79.4 Å². The van der Waals surface area contributed by atoms with Crippen LogP contribution in [0.15, 0.2) is 30.3 Å². The average molecular weight is 357 g/mol. The van der Waals surface area contributed by atoms with Crippen LogP contribution in [-0.2, 0) is 4.74 Å². The highest BCUT2D eigenvalue weighted by atomic mass is 16.5. The fraction of sp³-hybridized carbons (Fsp3) is 0.421. The van der Waals surface area contributed by atoms with E-state index in [0.717, 1.165) is 24.5 Å². The van der Waals surface area contributed by atoms with Gasteiger partial charge in [0, 0.05) is 43.8 Å². The first-order valence-corrected chi connectivity index (χ1v) is 8.82. The van der Waals surface area contributed by atoms with Crippen molar-refractivity contribution in [2.45, 2.75) is 20.8 Å². The van der Waals surface area contributed by atoms with E-state index in [0.29, 0.717) is 24.8 Å². The molecule has 1 amide bonds. The van der Waals surface area contributed by atoms with Crippen LogP contribution >= 0.6 is 0 Å². The van der Waals surface area contributed by atoms with E-state index < -0.39 is 0 Å². The van der Waals surface area contributed by atoms with Crippen molar-refractivity contribution >= 4 is 23.2 Å². The Morgan fingerprint density at radius 3 is 2.46 bits per heavy atom. The predicted molar refractivity (Wildman–Crippen MR) is 104 cm³/mol. The molecule has 0 bridgehead atoms. The zero-order valence-corrected chi connectivity index (χ0v) is 15.9. The molecule has 7 nitrogen and oxygen atoms in total. The van der Waals surface area contributed by atoms with Crippen molar-refractivity contribution in [3.63, 3.8) is 0 Å². The molecule has 2 rings (SSSR count). The van der Waals surface area contributed by atoms with Crippen molar-refractivity contribution < 1.29 is 9.53 Å². The number of rotatable bonds is 9. The summed E-state index contributed by atoms with van der Waals surface area (Å²) in [5.74, 6) is 0.157. The van der Waals surface area contributed by atoms with Crippen LogP contribution in [0, 0.1) is 6.92 Å². The molecule has 0 atom stereocenters. The molecule has 0 radical (unpaired) electrons. The van der Waals surface area contributed by atoms with Gasteiger partial charge in [0.15, 0.2) is 0 Å². The summed E-state index contributed by atoms with van der Waals surface area (Å²) in [6.07, 6.45) is 0. The summed E-state index contributed by atoms with van der Waals surface area (Å²) >= 11 is 0. The van der Waals surface area contributed by atoms with Gasteiger partial charge in [0.2, 0.25) is 5.95 Å². The highest BCUT2D eigenvalue weighted by Crippen LogP contribution is 2.20. The van der Waals surface area contributed by atoms with Crippen molar-refractivity contribution in [3.05, 3.63) is 41.7 Å². The summed E-state index contributed by atoms with van der Waals surface area (Å²) in [6.45, 7) is 8.93. The minimum absolute atomic E-state index is 0.243. The van der Waals surface area contributed by atoms with E-state index in [1.54, 1.807) is 13.2 Å². The molecule has 26 heavy (non-hydrogen) atoms. The molecule has 0 saturated carbocycles. The van der Waals surface area contributed by atoms with E-state index in [2.05, 4.69) is 51.5 Å². The number of nitrogens with one attached hydrogen (secondary N) is 2. The number of carbonyl (C=O) groups excluding carboxylic acids is 1. The molecule has 0 aliphatic heterocycles. The van der Waals surface area contributed by atoms with Crippen molar-refractivity contribution in [1.29, 1.82) is 0 Å². The molecule has 2 aromatic rings. The number of carbonyl (C=O) groups is 1. The number of benzene rings is 1. The summed E-state index contributed by atoms with van der Waals surface area (Å²) in [7, 11) is 1.59. The molecule has 0 aliphatic rings. The Labute approximate surface area is 154 Å². The maximum absolute atomic E-state index is 12.2. The Balaban J connectivity index is 2.10. The summed E-state index contributed by atoms with van der Waals surface area (Å²) in [5, 5.41) is 5.93. The van der Waals surface area contributed by atoms with Gasteiger partial charge in [-0.15, -0.1) is 0 Å². The third-order valence-electron chi connectivity index (χ3n) is 3.93. The molecule has 1 aromatic carbocycles. The number of hydrogen-bond acceptors (Lipinski definition) is 6. The lowest BCUT2D eigenvalue weighted by Gasteiger charge is -2.21. The smallest absolute Gasteiger partial charge is 0.270 e. The SMILES string of the molecule is CCN(CC)c1ccc(Nc2nc(C)cc(C(=O)NCCOC)n2)cc1. The van der Waals surface area contributed by atoms with Gasteiger partial charge in [0.1, 0.15) is 5.69 Å². The lowest BCUT2D eigenvalue weighted by Crippen LogP contribution is -2.28. The minimum Gasteiger partial charge on any atom is -0.383 e. The number of methoxy groups -OCH3 is 1. The Hall–Kier alpha value is -2.67. The van der Waals surface area contributed by atoms with Crippen LogP contribution in [0.4, 0.5) is 17.3 Å². The summed E-state index contributed by atoms with van der Waals surface area (Å²) in [4.78, 5) is 23.1. The van der Waals surface area contributed by atoms with Crippen LogP contribution in [-0.4, -0.2) is 49.2 Å². The Kier molecular flexibility index (Phi) is 7.35. The van der Waals surface area contributed by atoms with Gasteiger partial charge in [-0.05, 0) is 51.1 Å². The second kappa shape index (κ2) is 9.72. The number of anilines is 3. The van der Waals surface area contributed by atoms with Crippen LogP contribution in [0.2, 0.25) is 0 Å². The average Bonchev–Trinajstić information content (AvgIpc) is 2.64. The van der Waals surface area contributed by atoms with E-state index in [1.165, 1.54) is 5.69 Å². The van der Waals surface area contributed by atoms with Crippen LogP contribution in [0.1, 0.15) is 30.0 Å².